The van der Waals surface area contributed by atoms with E-state index >= 15 is 0 Å². The molecule has 0 saturated heterocycles. The monoisotopic (exact) mass is 300 g/mol. The van der Waals surface area contributed by atoms with Gasteiger partial charge in [0.15, 0.2) is 11.2 Å². The number of benzene rings is 1. The Bertz CT molecular complexity index is 584. The molecule has 1 aromatic carbocycles. The zero-order valence-electron chi connectivity index (χ0n) is 11.7. The maximum absolute atomic E-state index is 13.5. The molecule has 0 spiro atoms. The Labute approximate surface area is 120 Å². The molecule has 1 unspecified atom stereocenters. The summed E-state index contributed by atoms with van der Waals surface area (Å²) in [5.41, 5.74) is -2.48. The summed E-state index contributed by atoms with van der Waals surface area (Å²) in [6, 6.07) is 3.22. The van der Waals surface area contributed by atoms with Gasteiger partial charge in [0.05, 0.1) is 6.61 Å². The van der Waals surface area contributed by atoms with Crippen LogP contribution in [0.25, 0.3) is 0 Å². The predicted octanol–water partition coefficient (Wildman–Crippen LogP) is 3.02. The molecule has 0 bridgehead atoms. The van der Waals surface area contributed by atoms with Crippen LogP contribution >= 0.6 is 0 Å². The van der Waals surface area contributed by atoms with Crippen molar-refractivity contribution in [2.24, 2.45) is 11.3 Å². The number of rotatable bonds is 4. The van der Waals surface area contributed by atoms with Gasteiger partial charge in [-0.1, -0.05) is 19.9 Å². The molecule has 0 N–H and O–H groups in total. The van der Waals surface area contributed by atoms with E-state index in [0.29, 0.717) is 0 Å². The van der Waals surface area contributed by atoms with E-state index in [1.165, 1.54) is 6.07 Å². The molecule has 0 radical (unpaired) electrons. The van der Waals surface area contributed by atoms with Crippen LogP contribution in [0.5, 0.6) is 0 Å². The maximum Gasteiger partial charge on any atom is 0.326 e. The quantitative estimate of drug-likeness (QED) is 0.634. The second kappa shape index (κ2) is 5.50. The topological polar surface area (TPSA) is 43.4 Å². The lowest BCUT2D eigenvalue weighted by atomic mass is 9.84. The van der Waals surface area contributed by atoms with Gasteiger partial charge in [0.25, 0.3) is 6.43 Å². The number of alkyl halides is 2. The smallest absolute Gasteiger partial charge is 0.326 e. The fourth-order valence-corrected chi connectivity index (χ4v) is 2.34. The summed E-state index contributed by atoms with van der Waals surface area (Å²) in [4.78, 5) is 24.3. The highest BCUT2D eigenvalue weighted by molar-refractivity contribution is 6.16. The number of ketones is 1. The molecular weight excluding hydrogens is 285 g/mol. The van der Waals surface area contributed by atoms with Crippen LogP contribution in [0.4, 0.5) is 13.2 Å². The second-order valence-electron chi connectivity index (χ2n) is 5.57. The molecule has 0 fully saturated rings. The van der Waals surface area contributed by atoms with Gasteiger partial charge in [-0.15, -0.1) is 0 Å². The van der Waals surface area contributed by atoms with E-state index in [-0.39, 0.29) is 23.7 Å². The average molecular weight is 300 g/mol. The number of carbonyl (C=O) groups is 2. The Balaban J connectivity index is 2.38. The van der Waals surface area contributed by atoms with Crippen molar-refractivity contribution in [1.82, 2.24) is 0 Å². The molecule has 3 nitrogen and oxygen atoms in total. The van der Waals surface area contributed by atoms with Crippen molar-refractivity contribution in [2.75, 3.05) is 6.61 Å². The van der Waals surface area contributed by atoms with Gasteiger partial charge in [-0.3, -0.25) is 9.59 Å². The van der Waals surface area contributed by atoms with Crippen molar-refractivity contribution >= 4 is 11.8 Å². The molecule has 0 aliphatic heterocycles. The summed E-state index contributed by atoms with van der Waals surface area (Å²) in [5, 5.41) is 0. The van der Waals surface area contributed by atoms with Gasteiger partial charge in [-0.05, 0) is 23.6 Å². The van der Waals surface area contributed by atoms with Crippen molar-refractivity contribution in [3.05, 3.63) is 35.1 Å². The van der Waals surface area contributed by atoms with Crippen LogP contribution in [0.15, 0.2) is 18.2 Å². The Morgan fingerprint density at radius 1 is 1.38 bits per heavy atom. The molecule has 0 heterocycles. The maximum atomic E-state index is 13.5. The summed E-state index contributed by atoms with van der Waals surface area (Å²) in [5.74, 6) is -3.06. The Morgan fingerprint density at radius 3 is 2.62 bits per heavy atom. The molecule has 0 aromatic heterocycles. The van der Waals surface area contributed by atoms with Gasteiger partial charge in [-0.2, -0.15) is 0 Å². The van der Waals surface area contributed by atoms with Gasteiger partial charge >= 0.3 is 5.97 Å². The van der Waals surface area contributed by atoms with E-state index in [4.69, 9.17) is 4.74 Å². The SMILES string of the molecule is CC(C)COC(=O)C1(C(F)F)Cc2ccc(F)cc2C1=O. The lowest BCUT2D eigenvalue weighted by molar-refractivity contribution is -0.161. The van der Waals surface area contributed by atoms with Crippen LogP contribution in [0, 0.1) is 17.2 Å². The van der Waals surface area contributed by atoms with E-state index in [0.717, 1.165) is 12.1 Å². The minimum Gasteiger partial charge on any atom is -0.464 e. The second-order valence-corrected chi connectivity index (χ2v) is 5.57. The van der Waals surface area contributed by atoms with Crippen molar-refractivity contribution in [1.29, 1.82) is 0 Å². The molecule has 6 heteroatoms. The summed E-state index contributed by atoms with van der Waals surface area (Å²) in [6.45, 7) is 3.46. The fraction of sp³-hybridized carbons (Fsp3) is 0.467. The largest absolute Gasteiger partial charge is 0.464 e. The number of halogens is 3. The first kappa shape index (κ1) is 15.5. The molecule has 1 aliphatic rings. The zero-order chi connectivity index (χ0) is 15.8. The molecule has 114 valence electrons. The molecule has 0 amide bonds. The van der Waals surface area contributed by atoms with E-state index < -0.39 is 35.8 Å². The minimum atomic E-state index is -3.21. The normalized spacial score (nSPS) is 21.0. The Hall–Kier alpha value is -1.85. The van der Waals surface area contributed by atoms with Crippen LogP contribution in [0.3, 0.4) is 0 Å². The van der Waals surface area contributed by atoms with Crippen molar-refractivity contribution in [3.8, 4) is 0 Å². The Kier molecular flexibility index (Phi) is 4.07. The van der Waals surface area contributed by atoms with Crippen LogP contribution in [0.1, 0.15) is 29.8 Å². The third-order valence-electron chi connectivity index (χ3n) is 3.48. The zero-order valence-corrected chi connectivity index (χ0v) is 11.7. The average Bonchev–Trinajstić information content (AvgIpc) is 2.70. The first-order valence-electron chi connectivity index (χ1n) is 6.57. The number of ether oxygens (including phenoxy) is 1. The van der Waals surface area contributed by atoms with Crippen LogP contribution in [-0.2, 0) is 16.0 Å². The number of carbonyl (C=O) groups excluding carboxylic acids is 2. The van der Waals surface area contributed by atoms with Gasteiger partial charge < -0.3 is 4.74 Å². The number of Topliss-reactive ketones (excluding diaryl/α,β-unsaturated/α-hetero) is 1. The minimum absolute atomic E-state index is 0.0417. The number of hydrogen-bond acceptors (Lipinski definition) is 3. The molecule has 1 atom stereocenters. The predicted molar refractivity (Wildman–Crippen MR) is 68.7 cm³/mol. The molecular formula is C15H15F3O3. The molecule has 2 rings (SSSR count). The number of fused-ring (bicyclic) bond motifs is 1. The summed E-state index contributed by atoms with van der Waals surface area (Å²) >= 11 is 0. The third kappa shape index (κ3) is 2.54. The highest BCUT2D eigenvalue weighted by Crippen LogP contribution is 2.43. The summed E-state index contributed by atoms with van der Waals surface area (Å²) in [7, 11) is 0. The van der Waals surface area contributed by atoms with E-state index in [1.54, 1.807) is 13.8 Å². The summed E-state index contributed by atoms with van der Waals surface area (Å²) in [6.07, 6.45) is -3.67. The van der Waals surface area contributed by atoms with E-state index in [1.807, 2.05) is 0 Å². The lowest BCUT2D eigenvalue weighted by Gasteiger charge is -2.24. The fourth-order valence-electron chi connectivity index (χ4n) is 2.34. The van der Waals surface area contributed by atoms with Crippen LogP contribution in [0.2, 0.25) is 0 Å². The summed E-state index contributed by atoms with van der Waals surface area (Å²) < 4.78 is 45.0. The molecule has 21 heavy (non-hydrogen) atoms. The standard InChI is InChI=1S/C15H15F3O3/c1-8(2)7-21-14(20)15(13(17)18)6-9-3-4-10(16)5-11(9)12(15)19/h3-5,8,13H,6-7H2,1-2H3. The number of esters is 1. The molecule has 1 aromatic rings. The van der Waals surface area contributed by atoms with Crippen LogP contribution in [-0.4, -0.2) is 24.8 Å². The Morgan fingerprint density at radius 2 is 2.05 bits per heavy atom. The highest BCUT2D eigenvalue weighted by Gasteiger charge is 2.59. The van der Waals surface area contributed by atoms with Gasteiger partial charge in [0.2, 0.25) is 0 Å². The lowest BCUT2D eigenvalue weighted by Crippen LogP contribution is -2.45. The van der Waals surface area contributed by atoms with E-state index in [2.05, 4.69) is 0 Å². The van der Waals surface area contributed by atoms with Crippen molar-refractivity contribution < 1.29 is 27.5 Å². The third-order valence-corrected chi connectivity index (χ3v) is 3.48. The molecule has 1 aliphatic carbocycles. The molecule has 0 saturated carbocycles. The highest BCUT2D eigenvalue weighted by atomic mass is 19.3. The van der Waals surface area contributed by atoms with Gasteiger partial charge in [0, 0.05) is 12.0 Å². The van der Waals surface area contributed by atoms with E-state index in [9.17, 15) is 22.8 Å². The van der Waals surface area contributed by atoms with Gasteiger partial charge in [0.1, 0.15) is 5.82 Å². The first-order chi connectivity index (χ1) is 9.79. The van der Waals surface area contributed by atoms with Gasteiger partial charge in [-0.25, -0.2) is 13.2 Å². The van der Waals surface area contributed by atoms with Crippen LogP contribution < -0.4 is 0 Å². The first-order valence-corrected chi connectivity index (χ1v) is 6.57. The van der Waals surface area contributed by atoms with Crippen molar-refractivity contribution in [3.63, 3.8) is 0 Å². The number of hydrogen-bond donors (Lipinski definition) is 0. The van der Waals surface area contributed by atoms with Crippen molar-refractivity contribution in [2.45, 2.75) is 26.7 Å².